The summed E-state index contributed by atoms with van der Waals surface area (Å²) in [4.78, 5) is 51.2. The molecule has 1 fully saturated rings. The van der Waals surface area contributed by atoms with Crippen LogP contribution in [0.2, 0.25) is 0 Å². The van der Waals surface area contributed by atoms with E-state index >= 15 is 0 Å². The van der Waals surface area contributed by atoms with E-state index in [0.717, 1.165) is 135 Å². The van der Waals surface area contributed by atoms with Gasteiger partial charge in [0.1, 0.15) is 18.8 Å². The van der Waals surface area contributed by atoms with Gasteiger partial charge in [-0.3, -0.25) is 14.4 Å². The molecule has 1 aliphatic rings. The molecule has 6 unspecified atom stereocenters. The topological polar surface area (TPSA) is 175 Å². The van der Waals surface area contributed by atoms with Gasteiger partial charge in [0.15, 0.2) is 24.6 Å². The summed E-state index contributed by atoms with van der Waals surface area (Å²) in [5, 5.41) is 31.5. The van der Waals surface area contributed by atoms with Crippen molar-refractivity contribution < 1.29 is 58.2 Å². The van der Waals surface area contributed by atoms with Crippen LogP contribution in [0.1, 0.15) is 213 Å². The lowest BCUT2D eigenvalue weighted by molar-refractivity contribution is -0.301. The molecule has 1 rings (SSSR count). The van der Waals surface area contributed by atoms with Crippen molar-refractivity contribution >= 4 is 23.9 Å². The summed E-state index contributed by atoms with van der Waals surface area (Å²) >= 11 is 0. The molecule has 12 heteroatoms. The maximum atomic E-state index is 13.1. The predicted molar refractivity (Wildman–Crippen MR) is 321 cm³/mol. The first kappa shape index (κ1) is 71.9. The summed E-state index contributed by atoms with van der Waals surface area (Å²) < 4.78 is 28.4. The van der Waals surface area contributed by atoms with Crippen molar-refractivity contribution in [2.45, 2.75) is 250 Å². The number of aliphatic hydroxyl groups is 2. The van der Waals surface area contributed by atoms with Crippen molar-refractivity contribution in [3.8, 4) is 0 Å². The lowest BCUT2D eigenvalue weighted by atomic mass is 9.98. The van der Waals surface area contributed by atoms with E-state index in [1.807, 2.05) is 0 Å². The Labute approximate surface area is 477 Å². The van der Waals surface area contributed by atoms with Crippen LogP contribution in [0.3, 0.4) is 0 Å². The summed E-state index contributed by atoms with van der Waals surface area (Å²) in [6.07, 6.45) is 62.7. The van der Waals surface area contributed by atoms with Crippen molar-refractivity contribution in [1.82, 2.24) is 0 Å². The Bertz CT molecular complexity index is 1880. The number of esters is 3. The van der Waals surface area contributed by atoms with Gasteiger partial charge in [-0.15, -0.1) is 0 Å². The molecule has 1 heterocycles. The molecule has 6 atom stereocenters. The maximum Gasteiger partial charge on any atom is 0.335 e. The van der Waals surface area contributed by atoms with Crippen molar-refractivity contribution in [2.24, 2.45) is 0 Å². The van der Waals surface area contributed by atoms with Crippen LogP contribution in [0.5, 0.6) is 0 Å². The zero-order chi connectivity index (χ0) is 57.5. The Morgan fingerprint density at radius 1 is 0.430 bits per heavy atom. The normalized spacial score (nSPS) is 18.8. The van der Waals surface area contributed by atoms with Crippen molar-refractivity contribution in [1.29, 1.82) is 0 Å². The third-order valence-electron chi connectivity index (χ3n) is 12.7. The van der Waals surface area contributed by atoms with Gasteiger partial charge in [-0.2, -0.15) is 0 Å². The van der Waals surface area contributed by atoms with Gasteiger partial charge in [0, 0.05) is 19.3 Å². The summed E-state index contributed by atoms with van der Waals surface area (Å²) in [7, 11) is 0. The van der Waals surface area contributed by atoms with Gasteiger partial charge in [-0.05, 0) is 135 Å². The minimum Gasteiger partial charge on any atom is -0.479 e. The van der Waals surface area contributed by atoms with E-state index in [2.05, 4.69) is 154 Å². The number of carbonyl (C=O) groups excluding carboxylic acids is 3. The van der Waals surface area contributed by atoms with E-state index in [4.69, 9.17) is 23.7 Å². The van der Waals surface area contributed by atoms with Crippen LogP contribution < -0.4 is 0 Å². The minimum absolute atomic E-state index is 0.0285. The molecule has 12 nitrogen and oxygen atoms in total. The third-order valence-corrected chi connectivity index (χ3v) is 12.7. The van der Waals surface area contributed by atoms with E-state index < -0.39 is 67.3 Å². The van der Waals surface area contributed by atoms with E-state index in [0.29, 0.717) is 19.3 Å². The highest BCUT2D eigenvalue weighted by molar-refractivity contribution is 5.74. The molecule has 0 bridgehead atoms. The highest BCUT2D eigenvalue weighted by atomic mass is 16.7. The summed E-state index contributed by atoms with van der Waals surface area (Å²) in [5.41, 5.74) is 0. The van der Waals surface area contributed by atoms with Crippen LogP contribution in [-0.4, -0.2) is 89.2 Å². The van der Waals surface area contributed by atoms with E-state index in [9.17, 15) is 34.5 Å². The highest BCUT2D eigenvalue weighted by Gasteiger charge is 2.50. The molecule has 0 aromatic heterocycles. The molecule has 0 amide bonds. The molecular formula is C67H104O12. The molecule has 0 saturated carbocycles. The number of ether oxygens (including phenoxy) is 5. The van der Waals surface area contributed by atoms with Gasteiger partial charge in [0.2, 0.25) is 0 Å². The minimum atomic E-state index is -1.93. The largest absolute Gasteiger partial charge is 0.479 e. The van der Waals surface area contributed by atoms with Crippen molar-refractivity contribution in [3.05, 3.63) is 134 Å². The van der Waals surface area contributed by atoms with E-state index in [1.165, 1.54) is 19.3 Å². The summed E-state index contributed by atoms with van der Waals surface area (Å²) in [5.74, 6) is -3.26. The summed E-state index contributed by atoms with van der Waals surface area (Å²) in [6, 6.07) is 0. The Hall–Kier alpha value is -5.14. The zero-order valence-corrected chi connectivity index (χ0v) is 48.8. The van der Waals surface area contributed by atoms with Crippen LogP contribution >= 0.6 is 0 Å². The number of hydrogen-bond donors (Lipinski definition) is 3. The second-order valence-electron chi connectivity index (χ2n) is 19.9. The van der Waals surface area contributed by atoms with Crippen molar-refractivity contribution in [2.75, 3.05) is 13.2 Å². The molecule has 1 aliphatic heterocycles. The lowest BCUT2D eigenvalue weighted by Gasteiger charge is -2.40. The first-order valence-electron chi connectivity index (χ1n) is 30.2. The van der Waals surface area contributed by atoms with Crippen molar-refractivity contribution in [3.63, 3.8) is 0 Å². The van der Waals surface area contributed by atoms with Crippen LogP contribution in [0.25, 0.3) is 0 Å². The molecule has 1 saturated heterocycles. The summed E-state index contributed by atoms with van der Waals surface area (Å²) in [6.45, 7) is 5.65. The molecular weight excluding hydrogens is 997 g/mol. The number of aliphatic hydroxyl groups excluding tert-OH is 2. The lowest BCUT2D eigenvalue weighted by Crippen LogP contribution is -2.61. The van der Waals surface area contributed by atoms with Gasteiger partial charge in [-0.1, -0.05) is 193 Å². The average molecular weight is 1100 g/mol. The van der Waals surface area contributed by atoms with Crippen LogP contribution in [0.15, 0.2) is 134 Å². The fourth-order valence-corrected chi connectivity index (χ4v) is 8.12. The molecule has 0 radical (unpaired) electrons. The van der Waals surface area contributed by atoms with Gasteiger partial charge in [0.25, 0.3) is 0 Å². The molecule has 0 aromatic carbocycles. The number of carboxylic acids is 1. The van der Waals surface area contributed by atoms with Crippen LogP contribution in [0, 0.1) is 0 Å². The molecule has 444 valence electrons. The Kier molecular flexibility index (Phi) is 48.7. The fourth-order valence-electron chi connectivity index (χ4n) is 8.12. The third kappa shape index (κ3) is 43.4. The van der Waals surface area contributed by atoms with E-state index in [-0.39, 0.29) is 25.9 Å². The first-order chi connectivity index (χ1) is 38.6. The molecule has 0 spiro atoms. The Morgan fingerprint density at radius 2 is 0.797 bits per heavy atom. The van der Waals surface area contributed by atoms with Crippen LogP contribution in [0.4, 0.5) is 0 Å². The number of aliphatic carboxylic acids is 1. The van der Waals surface area contributed by atoms with Gasteiger partial charge >= 0.3 is 23.9 Å². The zero-order valence-electron chi connectivity index (χ0n) is 48.8. The number of unbranched alkanes of at least 4 members (excludes halogenated alkanes) is 13. The average Bonchev–Trinajstić information content (AvgIpc) is 3.46. The second kappa shape index (κ2) is 53.5. The fraction of sp³-hybridized carbons (Fsp3) is 0.612. The Balaban J connectivity index is 2.75. The Morgan fingerprint density at radius 3 is 1.25 bits per heavy atom. The monoisotopic (exact) mass is 1100 g/mol. The SMILES string of the molecule is CC/C=C\C/C=C\C/C=C\C/C=C\C/C=C\CCCCCC(=O)OCC(COC1OC(C(=O)O)C(O)C(O)C1OC(=O)CCCCCCC/C=C\C/C=C\CCCCC)OC(=O)CCCC/C=C\C/C=C\C/C=C\C/C=C\CC. The smallest absolute Gasteiger partial charge is 0.335 e. The number of carboxylic acid groups (broad SMARTS) is 1. The molecule has 79 heavy (non-hydrogen) atoms. The number of rotatable bonds is 49. The maximum absolute atomic E-state index is 13.1. The number of carbonyl (C=O) groups is 4. The first-order valence-corrected chi connectivity index (χ1v) is 30.2. The van der Waals surface area contributed by atoms with Gasteiger partial charge < -0.3 is 39.0 Å². The van der Waals surface area contributed by atoms with E-state index in [1.54, 1.807) is 0 Å². The number of allylic oxidation sites excluding steroid dienone is 22. The quantitative estimate of drug-likeness (QED) is 0.0228. The molecule has 3 N–H and O–H groups in total. The highest BCUT2D eigenvalue weighted by Crippen LogP contribution is 2.26. The predicted octanol–water partition coefficient (Wildman–Crippen LogP) is 15.8. The number of hydrogen-bond acceptors (Lipinski definition) is 11. The standard InChI is InChI=1S/C67H104O12/c1-4-7-10-13-16-19-22-25-28-29-30-31-34-35-38-41-44-47-50-53-59(68)75-56-58(77-60(69)54-51-48-45-42-39-36-32-26-23-20-17-14-11-8-5-2)57-76-67-65(63(72)62(71)64(79-67)66(73)74)78-61(70)55-52-49-46-43-40-37-33-27-24-21-18-15-12-9-6-3/h7-8,10-11,16-21,25-28,30-33,35,38-39,42,58,62-65,67,71-72H,4-6,9,12-15,22-24,29,34,36-37,40-41,43-57H2,1-3H3,(H,73,74)/b10-7-,11-8-,19-16-,20-17-,21-18-,28-25-,31-30-,32-26-,33-27-,38-35-,42-39-. The molecule has 0 aromatic rings. The second-order valence-corrected chi connectivity index (χ2v) is 19.9. The van der Waals surface area contributed by atoms with Crippen LogP contribution in [-0.2, 0) is 42.9 Å². The van der Waals surface area contributed by atoms with Gasteiger partial charge in [0.05, 0.1) is 6.61 Å². The molecule has 0 aliphatic carbocycles. The van der Waals surface area contributed by atoms with Gasteiger partial charge in [-0.25, -0.2) is 4.79 Å².